The first kappa shape index (κ1) is 8.97. The highest BCUT2D eigenvalue weighted by Gasteiger charge is 2.33. The molecule has 0 aromatic heterocycles. The maximum absolute atomic E-state index is 5.85. The van der Waals surface area contributed by atoms with Crippen LogP contribution in [0.2, 0.25) is 0 Å². The normalized spacial score (nSPS) is 29.7. The summed E-state index contributed by atoms with van der Waals surface area (Å²) in [5.74, 6) is 0. The molecule has 0 saturated carbocycles. The predicted octanol–water partition coefficient (Wildman–Crippen LogP) is 0.622. The highest BCUT2D eigenvalue weighted by molar-refractivity contribution is 4.81. The maximum Gasteiger partial charge on any atom is 0.0720 e. The van der Waals surface area contributed by atoms with Crippen LogP contribution in [0, 0.1) is 0 Å². The molecule has 0 aromatic rings. The molecule has 1 aliphatic heterocycles. The van der Waals surface area contributed by atoms with Crippen LogP contribution in [0.25, 0.3) is 0 Å². The SMILES string of the molecule is CN1C(N)CCN1C(C)(C)C. The maximum atomic E-state index is 5.85. The lowest BCUT2D eigenvalue weighted by Gasteiger charge is -2.37. The van der Waals surface area contributed by atoms with Crippen molar-refractivity contribution in [3.63, 3.8) is 0 Å². The van der Waals surface area contributed by atoms with Gasteiger partial charge in [0.15, 0.2) is 0 Å². The van der Waals surface area contributed by atoms with Gasteiger partial charge in [0, 0.05) is 19.1 Å². The number of nitrogens with two attached hydrogens (primary N) is 1. The topological polar surface area (TPSA) is 32.5 Å². The van der Waals surface area contributed by atoms with E-state index < -0.39 is 0 Å². The van der Waals surface area contributed by atoms with Crippen LogP contribution < -0.4 is 5.73 Å². The molecule has 0 aliphatic carbocycles. The summed E-state index contributed by atoms with van der Waals surface area (Å²) >= 11 is 0. The Morgan fingerprint density at radius 1 is 1.36 bits per heavy atom. The highest BCUT2D eigenvalue weighted by atomic mass is 15.7. The largest absolute Gasteiger partial charge is 0.315 e. The zero-order valence-electron chi connectivity index (χ0n) is 7.96. The van der Waals surface area contributed by atoms with Crippen molar-refractivity contribution in [3.05, 3.63) is 0 Å². The van der Waals surface area contributed by atoms with Gasteiger partial charge in [-0.3, -0.25) is 0 Å². The summed E-state index contributed by atoms with van der Waals surface area (Å²) in [6.45, 7) is 7.71. The number of hydrogen-bond acceptors (Lipinski definition) is 3. The van der Waals surface area contributed by atoms with Crippen molar-refractivity contribution in [2.75, 3.05) is 13.6 Å². The van der Waals surface area contributed by atoms with Gasteiger partial charge in [0.05, 0.1) is 6.17 Å². The Morgan fingerprint density at radius 2 is 1.91 bits per heavy atom. The van der Waals surface area contributed by atoms with E-state index in [9.17, 15) is 0 Å². The monoisotopic (exact) mass is 157 g/mol. The molecule has 0 aromatic carbocycles. The van der Waals surface area contributed by atoms with Crippen LogP contribution in [0.3, 0.4) is 0 Å². The summed E-state index contributed by atoms with van der Waals surface area (Å²) in [6, 6.07) is 0. The summed E-state index contributed by atoms with van der Waals surface area (Å²) in [5.41, 5.74) is 6.06. The lowest BCUT2D eigenvalue weighted by Crippen LogP contribution is -2.50. The van der Waals surface area contributed by atoms with Crippen LogP contribution in [-0.2, 0) is 0 Å². The molecule has 3 heteroatoms. The molecule has 1 rings (SSSR count). The fraction of sp³-hybridized carbons (Fsp3) is 1.00. The summed E-state index contributed by atoms with van der Waals surface area (Å²) in [6.07, 6.45) is 1.29. The van der Waals surface area contributed by atoms with Crippen molar-refractivity contribution >= 4 is 0 Å². The molecule has 2 N–H and O–H groups in total. The number of rotatable bonds is 0. The number of hydrazine groups is 1. The molecule has 1 fully saturated rings. The van der Waals surface area contributed by atoms with E-state index in [1.165, 1.54) is 0 Å². The van der Waals surface area contributed by atoms with Crippen molar-refractivity contribution in [2.45, 2.75) is 38.9 Å². The zero-order valence-corrected chi connectivity index (χ0v) is 7.96. The molecular weight excluding hydrogens is 138 g/mol. The van der Waals surface area contributed by atoms with Crippen LogP contribution in [0.1, 0.15) is 27.2 Å². The van der Waals surface area contributed by atoms with Crippen LogP contribution in [0.15, 0.2) is 0 Å². The van der Waals surface area contributed by atoms with Gasteiger partial charge in [0.1, 0.15) is 0 Å². The van der Waals surface area contributed by atoms with Crippen LogP contribution in [-0.4, -0.2) is 35.3 Å². The average molecular weight is 157 g/mol. The van der Waals surface area contributed by atoms with E-state index in [1.54, 1.807) is 0 Å². The van der Waals surface area contributed by atoms with Gasteiger partial charge in [-0.05, 0) is 27.2 Å². The molecule has 11 heavy (non-hydrogen) atoms. The molecular formula is C8H19N3. The van der Waals surface area contributed by atoms with E-state index in [0.29, 0.717) is 0 Å². The summed E-state index contributed by atoms with van der Waals surface area (Å²) in [4.78, 5) is 0. The van der Waals surface area contributed by atoms with Gasteiger partial charge < -0.3 is 5.73 Å². The Labute approximate surface area is 69.1 Å². The molecule has 0 bridgehead atoms. The van der Waals surface area contributed by atoms with Crippen molar-refractivity contribution in [1.82, 2.24) is 10.0 Å². The fourth-order valence-electron chi connectivity index (χ4n) is 1.59. The van der Waals surface area contributed by atoms with Gasteiger partial charge in [-0.15, -0.1) is 0 Å². The van der Waals surface area contributed by atoms with E-state index in [1.807, 2.05) is 0 Å². The van der Waals surface area contributed by atoms with Crippen molar-refractivity contribution in [2.24, 2.45) is 5.73 Å². The Bertz CT molecular complexity index is 139. The molecule has 0 radical (unpaired) electrons. The predicted molar refractivity (Wildman–Crippen MR) is 46.8 cm³/mol. The molecule has 1 atom stereocenters. The molecule has 1 heterocycles. The number of nitrogens with zero attached hydrogens (tertiary/aromatic N) is 2. The second-order valence-corrected chi connectivity index (χ2v) is 4.22. The Kier molecular flexibility index (Phi) is 2.23. The van der Waals surface area contributed by atoms with E-state index in [-0.39, 0.29) is 11.7 Å². The third kappa shape index (κ3) is 1.72. The van der Waals surface area contributed by atoms with Gasteiger partial charge >= 0.3 is 0 Å². The molecule has 3 nitrogen and oxygen atoms in total. The first-order valence-electron chi connectivity index (χ1n) is 4.19. The first-order valence-corrected chi connectivity index (χ1v) is 4.19. The van der Waals surface area contributed by atoms with Crippen molar-refractivity contribution in [3.8, 4) is 0 Å². The number of hydrogen-bond donors (Lipinski definition) is 1. The second-order valence-electron chi connectivity index (χ2n) is 4.22. The molecule has 1 aliphatic rings. The Balaban J connectivity index is 2.62. The minimum absolute atomic E-state index is 0.211. The minimum Gasteiger partial charge on any atom is -0.315 e. The summed E-state index contributed by atoms with van der Waals surface area (Å²) in [5, 5.41) is 4.46. The minimum atomic E-state index is 0.211. The molecule has 1 saturated heterocycles. The van der Waals surface area contributed by atoms with E-state index in [2.05, 4.69) is 37.8 Å². The molecule has 66 valence electrons. The second kappa shape index (κ2) is 2.73. The smallest absolute Gasteiger partial charge is 0.0720 e. The highest BCUT2D eigenvalue weighted by Crippen LogP contribution is 2.22. The van der Waals surface area contributed by atoms with Gasteiger partial charge in [-0.2, -0.15) is 0 Å². The third-order valence-corrected chi connectivity index (χ3v) is 2.27. The standard InChI is InChI=1S/C8H19N3/c1-8(2,3)11-6-5-7(9)10(11)4/h7H,5-6,9H2,1-4H3. The Morgan fingerprint density at radius 3 is 2.09 bits per heavy atom. The quantitative estimate of drug-likeness (QED) is 0.559. The summed E-state index contributed by atoms with van der Waals surface area (Å²) in [7, 11) is 2.06. The van der Waals surface area contributed by atoms with Crippen molar-refractivity contribution < 1.29 is 0 Å². The van der Waals surface area contributed by atoms with Gasteiger partial charge in [-0.25, -0.2) is 10.0 Å². The van der Waals surface area contributed by atoms with Gasteiger partial charge in [0.25, 0.3) is 0 Å². The van der Waals surface area contributed by atoms with Gasteiger partial charge in [0.2, 0.25) is 0 Å². The van der Waals surface area contributed by atoms with E-state index in [4.69, 9.17) is 5.73 Å². The molecule has 0 spiro atoms. The van der Waals surface area contributed by atoms with Crippen LogP contribution in [0.4, 0.5) is 0 Å². The zero-order chi connectivity index (χ0) is 8.65. The molecule has 1 unspecified atom stereocenters. The molecule has 0 amide bonds. The average Bonchev–Trinajstić information content (AvgIpc) is 2.11. The lowest BCUT2D eigenvalue weighted by molar-refractivity contribution is -0.0469. The summed E-state index contributed by atoms with van der Waals surface area (Å²) < 4.78 is 0. The van der Waals surface area contributed by atoms with Gasteiger partial charge in [-0.1, -0.05) is 0 Å². The van der Waals surface area contributed by atoms with Crippen molar-refractivity contribution in [1.29, 1.82) is 0 Å². The Hall–Kier alpha value is -0.120. The van der Waals surface area contributed by atoms with Crippen LogP contribution >= 0.6 is 0 Å². The third-order valence-electron chi connectivity index (χ3n) is 2.27. The van der Waals surface area contributed by atoms with Crippen LogP contribution in [0.5, 0.6) is 0 Å². The van der Waals surface area contributed by atoms with E-state index in [0.717, 1.165) is 13.0 Å². The first-order chi connectivity index (χ1) is 4.93. The lowest BCUT2D eigenvalue weighted by atomic mass is 10.1. The van der Waals surface area contributed by atoms with E-state index >= 15 is 0 Å². The fourth-order valence-corrected chi connectivity index (χ4v) is 1.59.